The van der Waals surface area contributed by atoms with E-state index in [0.717, 1.165) is 45.0 Å². The van der Waals surface area contributed by atoms with Gasteiger partial charge < -0.3 is 14.8 Å². The molecule has 1 aliphatic rings. The molecule has 1 aromatic rings. The Morgan fingerprint density at radius 2 is 1.89 bits per heavy atom. The number of benzene rings is 1. The largest absolute Gasteiger partial charge is 0.494 e. The van der Waals surface area contributed by atoms with Gasteiger partial charge >= 0.3 is 0 Å². The normalized spacial score (nSPS) is 18.2. The first kappa shape index (κ1) is 14.4. The zero-order valence-electron chi connectivity index (χ0n) is 12.0. The van der Waals surface area contributed by atoms with Gasteiger partial charge in [-0.25, -0.2) is 0 Å². The van der Waals surface area contributed by atoms with E-state index in [4.69, 9.17) is 9.47 Å². The molecular formula is C16H25NO2. The summed E-state index contributed by atoms with van der Waals surface area (Å²) in [4.78, 5) is 0. The lowest BCUT2D eigenvalue weighted by Crippen LogP contribution is -2.32. The molecule has 0 saturated carbocycles. The molecule has 0 aromatic heterocycles. The molecule has 0 bridgehead atoms. The van der Waals surface area contributed by atoms with E-state index in [-0.39, 0.29) is 0 Å². The molecule has 3 heteroatoms. The Balaban J connectivity index is 2.08. The number of nitrogens with one attached hydrogen (secondary N) is 1. The Labute approximate surface area is 116 Å². The van der Waals surface area contributed by atoms with Crippen molar-refractivity contribution in [2.24, 2.45) is 5.92 Å². The van der Waals surface area contributed by atoms with E-state index >= 15 is 0 Å². The van der Waals surface area contributed by atoms with Crippen molar-refractivity contribution in [1.82, 2.24) is 5.32 Å². The highest BCUT2D eigenvalue weighted by Gasteiger charge is 2.24. The van der Waals surface area contributed by atoms with Gasteiger partial charge in [0.05, 0.1) is 6.61 Å². The molecular weight excluding hydrogens is 238 g/mol. The monoisotopic (exact) mass is 263 g/mol. The van der Waals surface area contributed by atoms with Gasteiger partial charge in [0, 0.05) is 19.3 Å². The highest BCUT2D eigenvalue weighted by Crippen LogP contribution is 2.30. The van der Waals surface area contributed by atoms with E-state index in [1.165, 1.54) is 5.56 Å². The van der Waals surface area contributed by atoms with Crippen molar-refractivity contribution in [2.75, 3.05) is 26.4 Å². The molecule has 1 aromatic carbocycles. The summed E-state index contributed by atoms with van der Waals surface area (Å²) in [6, 6.07) is 8.96. The molecule has 1 N–H and O–H groups in total. The fourth-order valence-corrected chi connectivity index (χ4v) is 2.76. The van der Waals surface area contributed by atoms with Crippen LogP contribution in [0.2, 0.25) is 0 Å². The molecule has 1 heterocycles. The van der Waals surface area contributed by atoms with Gasteiger partial charge in [0.15, 0.2) is 0 Å². The van der Waals surface area contributed by atoms with Crippen molar-refractivity contribution in [3.05, 3.63) is 29.8 Å². The van der Waals surface area contributed by atoms with Crippen LogP contribution in [0.15, 0.2) is 24.3 Å². The quantitative estimate of drug-likeness (QED) is 0.855. The van der Waals surface area contributed by atoms with Crippen molar-refractivity contribution < 1.29 is 9.47 Å². The lowest BCUT2D eigenvalue weighted by molar-refractivity contribution is 0.0538. The summed E-state index contributed by atoms with van der Waals surface area (Å²) < 4.78 is 11.0. The Hall–Kier alpha value is -1.06. The van der Waals surface area contributed by atoms with E-state index in [2.05, 4.69) is 36.5 Å². The van der Waals surface area contributed by atoms with E-state index < -0.39 is 0 Å². The van der Waals surface area contributed by atoms with Crippen LogP contribution in [-0.2, 0) is 4.74 Å². The third kappa shape index (κ3) is 3.95. The first-order valence-corrected chi connectivity index (χ1v) is 7.39. The number of rotatable bonds is 6. The molecule has 0 amide bonds. The van der Waals surface area contributed by atoms with E-state index in [1.54, 1.807) is 0 Å². The molecule has 1 atom stereocenters. The Kier molecular flexibility index (Phi) is 5.67. The summed E-state index contributed by atoms with van der Waals surface area (Å²) in [5.74, 6) is 1.63. The lowest BCUT2D eigenvalue weighted by Gasteiger charge is -2.31. The van der Waals surface area contributed by atoms with Gasteiger partial charge in [-0.1, -0.05) is 19.1 Å². The zero-order chi connectivity index (χ0) is 13.5. The molecule has 1 fully saturated rings. The second-order valence-electron chi connectivity index (χ2n) is 4.99. The molecule has 0 spiro atoms. The summed E-state index contributed by atoms with van der Waals surface area (Å²) in [5, 5.41) is 3.62. The average Bonchev–Trinajstić information content (AvgIpc) is 2.47. The molecule has 0 aliphatic carbocycles. The maximum atomic E-state index is 5.51. The maximum Gasteiger partial charge on any atom is 0.119 e. The molecule has 106 valence electrons. The summed E-state index contributed by atoms with van der Waals surface area (Å²) in [6.07, 6.45) is 2.29. The van der Waals surface area contributed by atoms with Gasteiger partial charge in [-0.15, -0.1) is 0 Å². The maximum absolute atomic E-state index is 5.51. The standard InChI is InChI=1S/C16H25NO2/c1-3-17-16(14-9-11-18-12-10-14)13-5-7-15(8-6-13)19-4-2/h5-8,14,16-17H,3-4,9-12H2,1-2H3. The van der Waals surface area contributed by atoms with Crippen LogP contribution in [-0.4, -0.2) is 26.4 Å². The molecule has 1 unspecified atom stereocenters. The van der Waals surface area contributed by atoms with Gasteiger partial charge in [0.1, 0.15) is 5.75 Å². The minimum absolute atomic E-state index is 0.435. The Bertz CT molecular complexity index is 358. The minimum atomic E-state index is 0.435. The van der Waals surface area contributed by atoms with E-state index in [1.807, 2.05) is 6.92 Å². The Morgan fingerprint density at radius 3 is 2.47 bits per heavy atom. The second kappa shape index (κ2) is 7.51. The first-order chi connectivity index (χ1) is 9.35. The van der Waals surface area contributed by atoms with Crippen molar-refractivity contribution in [3.8, 4) is 5.75 Å². The van der Waals surface area contributed by atoms with Gasteiger partial charge in [-0.05, 0) is 49.9 Å². The van der Waals surface area contributed by atoms with Crippen LogP contribution >= 0.6 is 0 Å². The minimum Gasteiger partial charge on any atom is -0.494 e. The smallest absolute Gasteiger partial charge is 0.119 e. The van der Waals surface area contributed by atoms with Crippen LogP contribution in [0.5, 0.6) is 5.75 Å². The summed E-state index contributed by atoms with van der Waals surface area (Å²) >= 11 is 0. The van der Waals surface area contributed by atoms with Crippen molar-refractivity contribution in [2.45, 2.75) is 32.7 Å². The van der Waals surface area contributed by atoms with Crippen LogP contribution in [0, 0.1) is 5.92 Å². The average molecular weight is 263 g/mol. The van der Waals surface area contributed by atoms with Crippen molar-refractivity contribution in [3.63, 3.8) is 0 Å². The number of hydrogen-bond acceptors (Lipinski definition) is 3. The summed E-state index contributed by atoms with van der Waals surface area (Å²) in [7, 11) is 0. The second-order valence-corrected chi connectivity index (χ2v) is 4.99. The third-order valence-electron chi connectivity index (χ3n) is 3.71. The first-order valence-electron chi connectivity index (χ1n) is 7.39. The molecule has 2 rings (SSSR count). The molecule has 3 nitrogen and oxygen atoms in total. The fourth-order valence-electron chi connectivity index (χ4n) is 2.76. The SMILES string of the molecule is CCNC(c1ccc(OCC)cc1)C1CCOCC1. The topological polar surface area (TPSA) is 30.5 Å². The Morgan fingerprint density at radius 1 is 1.21 bits per heavy atom. The molecule has 19 heavy (non-hydrogen) atoms. The molecule has 0 radical (unpaired) electrons. The van der Waals surface area contributed by atoms with Crippen LogP contribution in [0.4, 0.5) is 0 Å². The van der Waals surface area contributed by atoms with Gasteiger partial charge in [0.2, 0.25) is 0 Å². The highest BCUT2D eigenvalue weighted by molar-refractivity contribution is 5.29. The van der Waals surface area contributed by atoms with Gasteiger partial charge in [-0.2, -0.15) is 0 Å². The molecule has 1 aliphatic heterocycles. The fraction of sp³-hybridized carbons (Fsp3) is 0.625. The predicted octanol–water partition coefficient (Wildman–Crippen LogP) is 3.16. The zero-order valence-corrected chi connectivity index (χ0v) is 12.0. The summed E-state index contributed by atoms with van der Waals surface area (Å²) in [6.45, 7) is 7.68. The third-order valence-corrected chi connectivity index (χ3v) is 3.71. The van der Waals surface area contributed by atoms with Crippen molar-refractivity contribution >= 4 is 0 Å². The number of hydrogen-bond donors (Lipinski definition) is 1. The van der Waals surface area contributed by atoms with Crippen LogP contribution in [0.1, 0.15) is 38.3 Å². The van der Waals surface area contributed by atoms with E-state index in [0.29, 0.717) is 12.0 Å². The van der Waals surface area contributed by atoms with Gasteiger partial charge in [-0.3, -0.25) is 0 Å². The van der Waals surface area contributed by atoms with Crippen LogP contribution in [0.3, 0.4) is 0 Å². The van der Waals surface area contributed by atoms with E-state index in [9.17, 15) is 0 Å². The molecule has 1 saturated heterocycles. The van der Waals surface area contributed by atoms with Crippen LogP contribution < -0.4 is 10.1 Å². The lowest BCUT2D eigenvalue weighted by atomic mass is 9.87. The highest BCUT2D eigenvalue weighted by atomic mass is 16.5. The predicted molar refractivity (Wildman–Crippen MR) is 77.6 cm³/mol. The van der Waals surface area contributed by atoms with Gasteiger partial charge in [0.25, 0.3) is 0 Å². The summed E-state index contributed by atoms with van der Waals surface area (Å²) in [5.41, 5.74) is 1.36. The van der Waals surface area contributed by atoms with Crippen LogP contribution in [0.25, 0.3) is 0 Å². The number of ether oxygens (including phenoxy) is 2. The van der Waals surface area contributed by atoms with Crippen molar-refractivity contribution in [1.29, 1.82) is 0 Å².